The van der Waals surface area contributed by atoms with Crippen molar-refractivity contribution in [2.45, 2.75) is 31.5 Å². The van der Waals surface area contributed by atoms with Crippen LogP contribution in [-0.2, 0) is 4.74 Å². The maximum Gasteiger partial charge on any atom is 0.251 e. The SMILES string of the molecule is Cc1cc(F)ccc1C(=O)NC[C@H]1[C@H]2CN(C)C[C@]23CC[C@H]1O3. The van der Waals surface area contributed by atoms with Crippen molar-refractivity contribution in [1.29, 1.82) is 0 Å². The fraction of sp³-hybridized carbons (Fsp3) is 0.611. The van der Waals surface area contributed by atoms with Crippen molar-refractivity contribution < 1.29 is 13.9 Å². The number of fused-ring (bicyclic) bond motifs is 1. The molecule has 2 bridgehead atoms. The molecule has 1 N–H and O–H groups in total. The van der Waals surface area contributed by atoms with E-state index in [0.29, 0.717) is 29.5 Å². The number of ether oxygens (including phenoxy) is 1. The van der Waals surface area contributed by atoms with E-state index in [0.717, 1.165) is 25.9 Å². The van der Waals surface area contributed by atoms with E-state index < -0.39 is 0 Å². The molecule has 1 amide bonds. The average molecular weight is 318 g/mol. The number of hydrogen-bond donors (Lipinski definition) is 1. The molecule has 0 aromatic heterocycles. The lowest BCUT2D eigenvalue weighted by molar-refractivity contribution is 0.00472. The van der Waals surface area contributed by atoms with Crippen LogP contribution in [0.2, 0.25) is 0 Å². The van der Waals surface area contributed by atoms with E-state index in [2.05, 4.69) is 17.3 Å². The van der Waals surface area contributed by atoms with Crippen LogP contribution in [0.5, 0.6) is 0 Å². The van der Waals surface area contributed by atoms with Crippen LogP contribution in [0.15, 0.2) is 18.2 Å². The minimum absolute atomic E-state index is 0.0284. The third-order valence-electron chi connectivity index (χ3n) is 5.89. The molecule has 3 aliphatic heterocycles. The Kier molecular flexibility index (Phi) is 3.46. The number of rotatable bonds is 3. The maximum atomic E-state index is 13.2. The molecular weight excluding hydrogens is 295 g/mol. The number of nitrogens with one attached hydrogen (secondary N) is 1. The van der Waals surface area contributed by atoms with Gasteiger partial charge in [0.1, 0.15) is 5.82 Å². The molecule has 3 heterocycles. The van der Waals surface area contributed by atoms with E-state index in [4.69, 9.17) is 4.74 Å². The van der Waals surface area contributed by atoms with Crippen molar-refractivity contribution in [3.63, 3.8) is 0 Å². The molecule has 1 aromatic rings. The van der Waals surface area contributed by atoms with Crippen LogP contribution in [-0.4, -0.2) is 49.2 Å². The lowest BCUT2D eigenvalue weighted by Crippen LogP contribution is -2.42. The second-order valence-corrected chi connectivity index (χ2v) is 7.40. The van der Waals surface area contributed by atoms with Gasteiger partial charge >= 0.3 is 0 Å². The van der Waals surface area contributed by atoms with Gasteiger partial charge in [0.15, 0.2) is 0 Å². The van der Waals surface area contributed by atoms with Crippen LogP contribution >= 0.6 is 0 Å². The molecule has 3 saturated heterocycles. The maximum absolute atomic E-state index is 13.2. The molecule has 124 valence electrons. The van der Waals surface area contributed by atoms with Crippen molar-refractivity contribution in [2.24, 2.45) is 11.8 Å². The highest BCUT2D eigenvalue weighted by atomic mass is 19.1. The fourth-order valence-electron chi connectivity index (χ4n) is 4.88. The average Bonchev–Trinajstić information content (AvgIpc) is 3.11. The Hall–Kier alpha value is -1.46. The lowest BCUT2D eigenvalue weighted by Gasteiger charge is -2.29. The summed E-state index contributed by atoms with van der Waals surface area (Å²) < 4.78 is 19.5. The zero-order chi connectivity index (χ0) is 16.2. The first kappa shape index (κ1) is 15.1. The first-order chi connectivity index (χ1) is 11.0. The molecule has 0 unspecified atom stereocenters. The van der Waals surface area contributed by atoms with Crippen LogP contribution in [0.1, 0.15) is 28.8 Å². The van der Waals surface area contributed by atoms with Crippen LogP contribution in [0.4, 0.5) is 4.39 Å². The van der Waals surface area contributed by atoms with E-state index in [1.165, 1.54) is 12.1 Å². The third-order valence-corrected chi connectivity index (χ3v) is 5.89. The molecule has 0 saturated carbocycles. The highest BCUT2D eigenvalue weighted by Crippen LogP contribution is 2.54. The Morgan fingerprint density at radius 2 is 2.35 bits per heavy atom. The molecule has 0 radical (unpaired) electrons. The van der Waals surface area contributed by atoms with E-state index >= 15 is 0 Å². The summed E-state index contributed by atoms with van der Waals surface area (Å²) in [6.45, 7) is 4.46. The number of likely N-dealkylation sites (tertiary alicyclic amines) is 1. The number of carbonyl (C=O) groups is 1. The molecule has 3 aliphatic rings. The highest BCUT2D eigenvalue weighted by molar-refractivity contribution is 5.95. The Morgan fingerprint density at radius 1 is 1.52 bits per heavy atom. The van der Waals surface area contributed by atoms with E-state index in [9.17, 15) is 9.18 Å². The number of hydrogen-bond acceptors (Lipinski definition) is 3. The second kappa shape index (κ2) is 5.28. The van der Waals surface area contributed by atoms with Gasteiger partial charge < -0.3 is 15.0 Å². The number of halogens is 1. The molecule has 1 spiro atoms. The zero-order valence-electron chi connectivity index (χ0n) is 13.6. The summed E-state index contributed by atoms with van der Waals surface area (Å²) >= 11 is 0. The van der Waals surface area contributed by atoms with Gasteiger partial charge in [0, 0.05) is 37.0 Å². The van der Waals surface area contributed by atoms with E-state index in [-0.39, 0.29) is 23.4 Å². The standard InChI is InChI=1S/C18H23FN2O2/c1-11-7-12(19)3-4-13(11)17(22)20-8-14-15-9-21(2)10-18(15)6-5-16(14)23-18/h3-4,7,14-16H,5-6,8-10H2,1-2H3,(H,20,22)/t14-,15+,16+,18+/m0/s1. The largest absolute Gasteiger partial charge is 0.370 e. The van der Waals surface area contributed by atoms with Crippen LogP contribution in [0.3, 0.4) is 0 Å². The first-order valence-corrected chi connectivity index (χ1v) is 8.39. The number of benzene rings is 1. The molecule has 4 rings (SSSR count). The number of likely N-dealkylation sites (N-methyl/N-ethyl adjacent to an activating group) is 1. The summed E-state index contributed by atoms with van der Waals surface area (Å²) in [6.07, 6.45) is 2.53. The smallest absolute Gasteiger partial charge is 0.251 e. The van der Waals surface area contributed by atoms with Gasteiger partial charge in [-0.3, -0.25) is 4.79 Å². The van der Waals surface area contributed by atoms with Gasteiger partial charge in [-0.05, 0) is 50.6 Å². The first-order valence-electron chi connectivity index (χ1n) is 8.39. The molecule has 23 heavy (non-hydrogen) atoms. The fourth-order valence-corrected chi connectivity index (χ4v) is 4.88. The molecule has 1 aromatic carbocycles. The van der Waals surface area contributed by atoms with E-state index in [1.54, 1.807) is 13.0 Å². The van der Waals surface area contributed by atoms with Crippen molar-refractivity contribution in [1.82, 2.24) is 10.2 Å². The quantitative estimate of drug-likeness (QED) is 0.926. The Morgan fingerprint density at radius 3 is 3.13 bits per heavy atom. The summed E-state index contributed by atoms with van der Waals surface area (Å²) in [5.74, 6) is 0.474. The summed E-state index contributed by atoms with van der Waals surface area (Å²) in [7, 11) is 2.14. The topological polar surface area (TPSA) is 41.6 Å². The predicted octanol–water partition coefficient (Wildman–Crippen LogP) is 1.97. The lowest BCUT2D eigenvalue weighted by atomic mass is 9.73. The van der Waals surface area contributed by atoms with Gasteiger partial charge in [-0.2, -0.15) is 0 Å². The highest BCUT2D eigenvalue weighted by Gasteiger charge is 2.62. The zero-order valence-corrected chi connectivity index (χ0v) is 13.6. The minimum atomic E-state index is -0.309. The van der Waals surface area contributed by atoms with Crippen molar-refractivity contribution >= 4 is 5.91 Å². The van der Waals surface area contributed by atoms with Crippen molar-refractivity contribution in [3.8, 4) is 0 Å². The Balaban J connectivity index is 1.44. The molecule has 4 atom stereocenters. The molecule has 3 fully saturated rings. The Bertz CT molecular complexity index is 650. The Labute approximate surface area is 136 Å². The summed E-state index contributed by atoms with van der Waals surface area (Å²) in [6, 6.07) is 4.29. The summed E-state index contributed by atoms with van der Waals surface area (Å²) in [5, 5.41) is 3.05. The van der Waals surface area contributed by atoms with Crippen LogP contribution < -0.4 is 5.32 Å². The second-order valence-electron chi connectivity index (χ2n) is 7.40. The molecule has 5 heteroatoms. The van der Waals surface area contributed by atoms with Gasteiger partial charge in [0.2, 0.25) is 0 Å². The predicted molar refractivity (Wildman–Crippen MR) is 84.8 cm³/mol. The van der Waals surface area contributed by atoms with Gasteiger partial charge in [0.05, 0.1) is 11.7 Å². The van der Waals surface area contributed by atoms with Crippen LogP contribution in [0.25, 0.3) is 0 Å². The van der Waals surface area contributed by atoms with Gasteiger partial charge in [-0.1, -0.05) is 0 Å². The molecule has 0 aliphatic carbocycles. The minimum Gasteiger partial charge on any atom is -0.370 e. The van der Waals surface area contributed by atoms with Gasteiger partial charge in [-0.25, -0.2) is 4.39 Å². The molecular formula is C18H23FN2O2. The monoisotopic (exact) mass is 318 g/mol. The number of aryl methyl sites for hydroxylation is 1. The van der Waals surface area contributed by atoms with Crippen molar-refractivity contribution in [2.75, 3.05) is 26.7 Å². The van der Waals surface area contributed by atoms with E-state index in [1.807, 2.05) is 0 Å². The number of carbonyl (C=O) groups excluding carboxylic acids is 1. The summed E-state index contributed by atoms with van der Waals surface area (Å²) in [4.78, 5) is 14.7. The normalized spacial score (nSPS) is 35.5. The van der Waals surface area contributed by atoms with Crippen LogP contribution in [0, 0.1) is 24.6 Å². The number of nitrogens with zero attached hydrogens (tertiary/aromatic N) is 1. The third kappa shape index (κ3) is 2.37. The van der Waals surface area contributed by atoms with Gasteiger partial charge in [-0.15, -0.1) is 0 Å². The van der Waals surface area contributed by atoms with Crippen molar-refractivity contribution in [3.05, 3.63) is 35.1 Å². The summed E-state index contributed by atoms with van der Waals surface area (Å²) in [5.41, 5.74) is 1.25. The van der Waals surface area contributed by atoms with Gasteiger partial charge in [0.25, 0.3) is 5.91 Å². The molecule has 4 nitrogen and oxygen atoms in total. The number of amides is 1.